The fourth-order valence-electron chi connectivity index (χ4n) is 4.17. The number of carbonyl (C=O) groups excluding carboxylic acids is 2. The molecule has 0 fully saturated rings. The Kier molecular flexibility index (Phi) is 12.3. The molecule has 5 nitrogen and oxygen atoms in total. The van der Waals surface area contributed by atoms with Crippen LogP contribution >= 0.6 is 0 Å². The number of carbonyl (C=O) groups is 2. The highest BCUT2D eigenvalue weighted by molar-refractivity contribution is 6.06. The number of allylic oxidation sites excluding steroid dienone is 1. The van der Waals surface area contributed by atoms with Gasteiger partial charge in [-0.25, -0.2) is 4.79 Å². The number of benzene rings is 2. The minimum Gasteiger partial charge on any atom is -0.494 e. The topological polar surface area (TPSA) is 61.8 Å². The van der Waals surface area contributed by atoms with Crippen molar-refractivity contribution in [3.63, 3.8) is 0 Å². The maximum Gasteiger partial charge on any atom is 0.350 e. The van der Waals surface area contributed by atoms with Crippen LogP contribution in [0.1, 0.15) is 114 Å². The molecule has 0 aliphatic carbocycles. The number of unbranched alkanes of at least 4 members (excludes halogenated alkanes) is 6. The lowest BCUT2D eigenvalue weighted by atomic mass is 10.0. The molecule has 0 aliphatic rings. The Morgan fingerprint density at radius 1 is 0.821 bits per heavy atom. The largest absolute Gasteiger partial charge is 0.494 e. The van der Waals surface area contributed by atoms with E-state index in [1.807, 2.05) is 58.9 Å². The normalized spacial score (nSPS) is 12.0. The van der Waals surface area contributed by atoms with Crippen molar-refractivity contribution in [1.29, 1.82) is 0 Å². The molecule has 5 heteroatoms. The highest BCUT2D eigenvalue weighted by Crippen LogP contribution is 2.30. The van der Waals surface area contributed by atoms with E-state index in [2.05, 4.69) is 6.92 Å². The second kappa shape index (κ2) is 14.9. The van der Waals surface area contributed by atoms with Gasteiger partial charge in [0.2, 0.25) is 0 Å². The Morgan fingerprint density at radius 3 is 1.95 bits per heavy atom. The molecule has 2 rings (SSSR count). The van der Waals surface area contributed by atoms with Crippen LogP contribution in [-0.2, 0) is 9.53 Å². The van der Waals surface area contributed by atoms with Crippen LogP contribution < -0.4 is 9.47 Å². The van der Waals surface area contributed by atoms with Crippen LogP contribution in [0.15, 0.2) is 42.5 Å². The van der Waals surface area contributed by atoms with E-state index >= 15 is 0 Å². The number of esters is 1. The van der Waals surface area contributed by atoms with Gasteiger partial charge in [-0.05, 0) is 114 Å². The zero-order valence-corrected chi connectivity index (χ0v) is 25.3. The number of ketones is 1. The first-order valence-electron chi connectivity index (χ1n) is 14.3. The Morgan fingerprint density at radius 2 is 1.38 bits per heavy atom. The molecule has 0 bridgehead atoms. The van der Waals surface area contributed by atoms with Gasteiger partial charge in [0.05, 0.1) is 6.61 Å². The molecule has 39 heavy (non-hydrogen) atoms. The van der Waals surface area contributed by atoms with Crippen molar-refractivity contribution in [2.24, 2.45) is 0 Å². The second-order valence-electron chi connectivity index (χ2n) is 11.8. The van der Waals surface area contributed by atoms with Crippen molar-refractivity contribution in [3.05, 3.63) is 64.7 Å². The quantitative estimate of drug-likeness (QED) is 0.0985. The van der Waals surface area contributed by atoms with Crippen LogP contribution in [-0.4, -0.2) is 29.6 Å². The van der Waals surface area contributed by atoms with Gasteiger partial charge in [0, 0.05) is 5.56 Å². The second-order valence-corrected chi connectivity index (χ2v) is 11.8. The number of rotatable bonds is 15. The molecule has 0 radical (unpaired) electrons. The molecule has 0 saturated carbocycles. The van der Waals surface area contributed by atoms with E-state index in [1.54, 1.807) is 38.1 Å². The third kappa shape index (κ3) is 11.3. The molecule has 0 N–H and O–H groups in total. The van der Waals surface area contributed by atoms with E-state index in [9.17, 15) is 9.59 Å². The maximum atomic E-state index is 12.7. The number of aryl methyl sites for hydroxylation is 2. The summed E-state index contributed by atoms with van der Waals surface area (Å²) < 4.78 is 17.5. The van der Waals surface area contributed by atoms with E-state index in [0.29, 0.717) is 17.9 Å². The van der Waals surface area contributed by atoms with Crippen molar-refractivity contribution in [1.82, 2.24) is 0 Å². The van der Waals surface area contributed by atoms with Gasteiger partial charge in [-0.3, -0.25) is 4.79 Å². The van der Waals surface area contributed by atoms with Gasteiger partial charge >= 0.3 is 5.97 Å². The summed E-state index contributed by atoms with van der Waals surface area (Å²) in [7, 11) is 0. The third-order valence-corrected chi connectivity index (χ3v) is 6.31. The Hall–Kier alpha value is -3.08. The smallest absolute Gasteiger partial charge is 0.350 e. The number of hydrogen-bond donors (Lipinski definition) is 0. The van der Waals surface area contributed by atoms with Crippen LogP contribution in [0.25, 0.3) is 6.08 Å². The van der Waals surface area contributed by atoms with Gasteiger partial charge in [0.25, 0.3) is 0 Å². The molecule has 0 heterocycles. The molecule has 0 spiro atoms. The van der Waals surface area contributed by atoms with Crippen LogP contribution in [0.2, 0.25) is 0 Å². The van der Waals surface area contributed by atoms with Gasteiger partial charge in [-0.1, -0.05) is 51.5 Å². The van der Waals surface area contributed by atoms with Gasteiger partial charge in [0.15, 0.2) is 11.4 Å². The SMILES string of the molecule is CCCCCCCCCOc1ccc(C(=O)C=Cc2cc(C)c(OC(C)(C)C(=O)OC(C)(C)C)c(C)c2)cc1. The summed E-state index contributed by atoms with van der Waals surface area (Å²) in [4.78, 5) is 25.4. The van der Waals surface area contributed by atoms with Crippen LogP contribution in [0.4, 0.5) is 0 Å². The molecule has 0 unspecified atom stereocenters. The van der Waals surface area contributed by atoms with Crippen molar-refractivity contribution in [2.45, 2.75) is 112 Å². The predicted octanol–water partition coefficient (Wildman–Crippen LogP) is 8.83. The molecule has 0 aliphatic heterocycles. The molecule has 0 amide bonds. The summed E-state index contributed by atoms with van der Waals surface area (Å²) in [6.45, 7) is 15.7. The Labute approximate surface area is 235 Å². The monoisotopic (exact) mass is 536 g/mol. The Bertz CT molecular complexity index is 1080. The Balaban J connectivity index is 1.93. The molecule has 0 atom stereocenters. The zero-order chi connectivity index (χ0) is 29.1. The van der Waals surface area contributed by atoms with E-state index in [-0.39, 0.29) is 5.78 Å². The van der Waals surface area contributed by atoms with Crippen molar-refractivity contribution >= 4 is 17.8 Å². The minimum absolute atomic E-state index is 0.0738. The van der Waals surface area contributed by atoms with E-state index < -0.39 is 17.2 Å². The number of hydrogen-bond acceptors (Lipinski definition) is 5. The van der Waals surface area contributed by atoms with Crippen molar-refractivity contribution in [2.75, 3.05) is 6.61 Å². The maximum absolute atomic E-state index is 12.7. The van der Waals surface area contributed by atoms with E-state index in [4.69, 9.17) is 14.2 Å². The van der Waals surface area contributed by atoms with Gasteiger partial charge in [-0.2, -0.15) is 0 Å². The lowest BCUT2D eigenvalue weighted by Crippen LogP contribution is -2.43. The summed E-state index contributed by atoms with van der Waals surface area (Å²) in [6.07, 6.45) is 12.1. The van der Waals surface area contributed by atoms with Crippen LogP contribution in [0, 0.1) is 13.8 Å². The van der Waals surface area contributed by atoms with Gasteiger partial charge in [0.1, 0.15) is 17.1 Å². The summed E-state index contributed by atoms with van der Waals surface area (Å²) in [5.41, 5.74) is 1.52. The first-order valence-corrected chi connectivity index (χ1v) is 14.3. The molecule has 0 saturated heterocycles. The molecule has 0 aromatic heterocycles. The summed E-state index contributed by atoms with van der Waals surface area (Å²) >= 11 is 0. The van der Waals surface area contributed by atoms with Crippen LogP contribution in [0.5, 0.6) is 11.5 Å². The molecule has 2 aromatic rings. The fourth-order valence-corrected chi connectivity index (χ4v) is 4.17. The zero-order valence-electron chi connectivity index (χ0n) is 25.3. The minimum atomic E-state index is -1.14. The van der Waals surface area contributed by atoms with Crippen LogP contribution in [0.3, 0.4) is 0 Å². The number of ether oxygens (including phenoxy) is 3. The fraction of sp³-hybridized carbons (Fsp3) is 0.529. The van der Waals surface area contributed by atoms with Crippen molar-refractivity contribution in [3.8, 4) is 11.5 Å². The first kappa shape index (κ1) is 32.1. The highest BCUT2D eigenvalue weighted by Gasteiger charge is 2.35. The van der Waals surface area contributed by atoms with E-state index in [0.717, 1.165) is 28.9 Å². The first-order chi connectivity index (χ1) is 18.3. The summed E-state index contributed by atoms with van der Waals surface area (Å²) in [5.74, 6) is 0.937. The van der Waals surface area contributed by atoms with E-state index in [1.165, 1.54) is 38.5 Å². The molecule has 2 aromatic carbocycles. The predicted molar refractivity (Wildman–Crippen MR) is 160 cm³/mol. The average molecular weight is 537 g/mol. The molecular formula is C34H48O5. The highest BCUT2D eigenvalue weighted by atomic mass is 16.6. The van der Waals surface area contributed by atoms with Crippen molar-refractivity contribution < 1.29 is 23.8 Å². The molecule has 214 valence electrons. The van der Waals surface area contributed by atoms with Gasteiger partial charge in [-0.15, -0.1) is 0 Å². The standard InChI is InChI=1S/C34H48O5/c1-9-10-11-12-13-14-15-22-37-29-19-17-28(18-20-29)30(35)21-16-27-23-25(2)31(26(3)24-27)38-34(7,8)32(36)39-33(4,5)6/h16-21,23-24H,9-15,22H2,1-8H3. The van der Waals surface area contributed by atoms with Gasteiger partial charge < -0.3 is 14.2 Å². The molecular weight excluding hydrogens is 488 g/mol. The summed E-state index contributed by atoms with van der Waals surface area (Å²) in [6, 6.07) is 11.2. The summed E-state index contributed by atoms with van der Waals surface area (Å²) in [5, 5.41) is 0. The average Bonchev–Trinajstić information content (AvgIpc) is 2.85. The lowest BCUT2D eigenvalue weighted by molar-refractivity contribution is -0.171. The third-order valence-electron chi connectivity index (χ3n) is 6.31. The lowest BCUT2D eigenvalue weighted by Gasteiger charge is -2.30.